The van der Waals surface area contributed by atoms with E-state index in [1.807, 2.05) is 0 Å². The molecule has 2 heterocycles. The fourth-order valence-corrected chi connectivity index (χ4v) is 2.40. The fraction of sp³-hybridized carbons (Fsp3) is 0.833. The van der Waals surface area contributed by atoms with Gasteiger partial charge in [-0.3, -0.25) is 4.90 Å². The lowest BCUT2D eigenvalue weighted by Gasteiger charge is -2.32. The van der Waals surface area contributed by atoms with Crippen LogP contribution in [-0.4, -0.2) is 39.3 Å². The van der Waals surface area contributed by atoms with Crippen LogP contribution >= 0.6 is 0 Å². The summed E-state index contributed by atoms with van der Waals surface area (Å²) in [4.78, 5) is 6.78. The van der Waals surface area contributed by atoms with Crippen LogP contribution in [0, 0.1) is 0 Å². The molecule has 0 spiro atoms. The molecule has 2 rings (SSSR count). The van der Waals surface area contributed by atoms with Crippen LogP contribution in [0.5, 0.6) is 0 Å². The van der Waals surface area contributed by atoms with Gasteiger partial charge in [0.05, 0.1) is 18.6 Å². The minimum absolute atomic E-state index is 0.292. The van der Waals surface area contributed by atoms with Crippen LogP contribution in [0.15, 0.2) is 4.52 Å². The highest BCUT2D eigenvalue weighted by Gasteiger charge is 2.26. The molecule has 2 unspecified atom stereocenters. The van der Waals surface area contributed by atoms with Gasteiger partial charge < -0.3 is 9.63 Å². The highest BCUT2D eigenvalue weighted by molar-refractivity contribution is 4.97. The van der Waals surface area contributed by atoms with Gasteiger partial charge in [0.25, 0.3) is 0 Å². The zero-order chi connectivity index (χ0) is 12.3. The number of aliphatic hydroxyl groups is 1. The third-order valence-electron chi connectivity index (χ3n) is 3.27. The van der Waals surface area contributed by atoms with Gasteiger partial charge in [0.2, 0.25) is 5.89 Å². The molecule has 1 aromatic rings. The predicted molar refractivity (Wildman–Crippen MR) is 63.5 cm³/mol. The molecule has 2 atom stereocenters. The minimum atomic E-state index is -0.433. The van der Waals surface area contributed by atoms with Gasteiger partial charge >= 0.3 is 0 Å². The molecular formula is C12H21N3O2. The van der Waals surface area contributed by atoms with Crippen LogP contribution in [0.4, 0.5) is 0 Å². The molecule has 17 heavy (non-hydrogen) atoms. The standard InChI is InChI=1S/C12H21N3O2/c1-3-15-7-5-4-6-10(15)12-13-11(17-14-12)8-9(2)16/h9-10,16H,3-8H2,1-2H3. The Morgan fingerprint density at radius 1 is 1.53 bits per heavy atom. The van der Waals surface area contributed by atoms with Gasteiger partial charge in [-0.05, 0) is 32.9 Å². The first-order chi connectivity index (χ1) is 8.20. The molecule has 5 heteroatoms. The Bertz CT molecular complexity index is 351. The Labute approximate surface area is 102 Å². The van der Waals surface area contributed by atoms with Crippen LogP contribution in [0.3, 0.4) is 0 Å². The van der Waals surface area contributed by atoms with Gasteiger partial charge in [-0.2, -0.15) is 4.98 Å². The lowest BCUT2D eigenvalue weighted by atomic mass is 10.0. The summed E-state index contributed by atoms with van der Waals surface area (Å²) >= 11 is 0. The molecule has 0 amide bonds. The Morgan fingerprint density at radius 2 is 2.35 bits per heavy atom. The SMILES string of the molecule is CCN1CCCCC1c1noc(CC(C)O)n1. The number of rotatable bonds is 4. The Morgan fingerprint density at radius 3 is 3.06 bits per heavy atom. The first-order valence-electron chi connectivity index (χ1n) is 6.45. The summed E-state index contributed by atoms with van der Waals surface area (Å²) in [5, 5.41) is 13.3. The molecule has 96 valence electrons. The van der Waals surface area contributed by atoms with Crippen molar-refractivity contribution in [3.8, 4) is 0 Å². The monoisotopic (exact) mass is 239 g/mol. The average molecular weight is 239 g/mol. The van der Waals surface area contributed by atoms with Crippen molar-refractivity contribution >= 4 is 0 Å². The van der Waals surface area contributed by atoms with Gasteiger partial charge in [0.1, 0.15) is 0 Å². The Hall–Kier alpha value is -0.940. The van der Waals surface area contributed by atoms with Crippen molar-refractivity contribution in [2.75, 3.05) is 13.1 Å². The molecular weight excluding hydrogens is 218 g/mol. The highest BCUT2D eigenvalue weighted by atomic mass is 16.5. The zero-order valence-corrected chi connectivity index (χ0v) is 10.6. The predicted octanol–water partition coefficient (Wildman–Crippen LogP) is 1.54. The van der Waals surface area contributed by atoms with Gasteiger partial charge in [0.15, 0.2) is 5.82 Å². The molecule has 0 radical (unpaired) electrons. The molecule has 1 fully saturated rings. The maximum absolute atomic E-state index is 9.29. The van der Waals surface area contributed by atoms with E-state index in [2.05, 4.69) is 22.0 Å². The van der Waals surface area contributed by atoms with E-state index in [-0.39, 0.29) is 0 Å². The van der Waals surface area contributed by atoms with Gasteiger partial charge in [-0.15, -0.1) is 0 Å². The van der Waals surface area contributed by atoms with E-state index in [0.29, 0.717) is 18.4 Å². The molecule has 0 saturated carbocycles. The van der Waals surface area contributed by atoms with Crippen LogP contribution < -0.4 is 0 Å². The van der Waals surface area contributed by atoms with Crippen molar-refractivity contribution in [1.29, 1.82) is 0 Å². The lowest BCUT2D eigenvalue weighted by molar-refractivity contribution is 0.147. The molecule has 1 saturated heterocycles. The fourth-order valence-electron chi connectivity index (χ4n) is 2.40. The summed E-state index contributed by atoms with van der Waals surface area (Å²) in [5.41, 5.74) is 0. The summed E-state index contributed by atoms with van der Waals surface area (Å²) in [6.07, 6.45) is 3.58. The van der Waals surface area contributed by atoms with Crippen LogP contribution in [0.2, 0.25) is 0 Å². The number of hydrogen-bond donors (Lipinski definition) is 1. The van der Waals surface area contributed by atoms with Gasteiger partial charge in [-0.1, -0.05) is 18.5 Å². The van der Waals surface area contributed by atoms with Crippen molar-refractivity contribution in [3.63, 3.8) is 0 Å². The normalized spacial score (nSPS) is 23.8. The maximum atomic E-state index is 9.29. The van der Waals surface area contributed by atoms with E-state index in [1.54, 1.807) is 6.92 Å². The van der Waals surface area contributed by atoms with E-state index >= 15 is 0 Å². The summed E-state index contributed by atoms with van der Waals surface area (Å²) in [6.45, 7) is 6.02. The molecule has 0 aliphatic carbocycles. The first-order valence-corrected chi connectivity index (χ1v) is 6.45. The molecule has 0 aromatic carbocycles. The lowest BCUT2D eigenvalue weighted by Crippen LogP contribution is -2.33. The second kappa shape index (κ2) is 5.60. The number of piperidine rings is 1. The molecule has 1 aliphatic rings. The summed E-state index contributed by atoms with van der Waals surface area (Å²) in [6, 6.07) is 0.292. The summed E-state index contributed by atoms with van der Waals surface area (Å²) in [7, 11) is 0. The Balaban J connectivity index is 2.07. The van der Waals surface area contributed by atoms with Crippen LogP contribution in [0.25, 0.3) is 0 Å². The van der Waals surface area contributed by atoms with Gasteiger partial charge in [0, 0.05) is 0 Å². The van der Waals surface area contributed by atoms with Crippen molar-refractivity contribution < 1.29 is 9.63 Å². The van der Waals surface area contributed by atoms with E-state index < -0.39 is 6.10 Å². The first kappa shape index (κ1) is 12.5. The second-order valence-electron chi connectivity index (χ2n) is 4.74. The number of hydrogen-bond acceptors (Lipinski definition) is 5. The van der Waals surface area contributed by atoms with Gasteiger partial charge in [-0.25, -0.2) is 0 Å². The maximum Gasteiger partial charge on any atom is 0.229 e. The van der Waals surface area contributed by atoms with Crippen molar-refractivity contribution in [3.05, 3.63) is 11.7 Å². The zero-order valence-electron chi connectivity index (χ0n) is 10.6. The topological polar surface area (TPSA) is 62.4 Å². The highest BCUT2D eigenvalue weighted by Crippen LogP contribution is 2.28. The molecule has 5 nitrogen and oxygen atoms in total. The summed E-state index contributed by atoms with van der Waals surface area (Å²) < 4.78 is 5.17. The third-order valence-corrected chi connectivity index (χ3v) is 3.27. The largest absolute Gasteiger partial charge is 0.393 e. The Kier molecular flexibility index (Phi) is 4.12. The number of likely N-dealkylation sites (tertiary alicyclic amines) is 1. The summed E-state index contributed by atoms with van der Waals surface area (Å²) in [5.74, 6) is 1.32. The minimum Gasteiger partial charge on any atom is -0.393 e. The number of aromatic nitrogens is 2. The van der Waals surface area contributed by atoms with E-state index in [9.17, 15) is 5.11 Å². The van der Waals surface area contributed by atoms with Crippen LogP contribution in [-0.2, 0) is 6.42 Å². The van der Waals surface area contributed by atoms with Crippen molar-refractivity contribution in [1.82, 2.24) is 15.0 Å². The molecule has 0 bridgehead atoms. The van der Waals surface area contributed by atoms with E-state index in [0.717, 1.165) is 25.3 Å². The second-order valence-corrected chi connectivity index (χ2v) is 4.74. The van der Waals surface area contributed by atoms with E-state index in [1.165, 1.54) is 12.8 Å². The molecule has 1 N–H and O–H groups in total. The van der Waals surface area contributed by atoms with E-state index in [4.69, 9.17) is 4.52 Å². The van der Waals surface area contributed by atoms with Crippen molar-refractivity contribution in [2.24, 2.45) is 0 Å². The van der Waals surface area contributed by atoms with Crippen molar-refractivity contribution in [2.45, 2.75) is 51.7 Å². The number of nitrogens with zero attached hydrogens (tertiary/aromatic N) is 3. The quantitative estimate of drug-likeness (QED) is 0.863. The average Bonchev–Trinajstić information content (AvgIpc) is 2.76. The van der Waals surface area contributed by atoms with Crippen LogP contribution in [0.1, 0.15) is 50.9 Å². The smallest absolute Gasteiger partial charge is 0.229 e. The molecule has 1 aliphatic heterocycles. The molecule has 1 aromatic heterocycles. The number of aliphatic hydroxyl groups excluding tert-OH is 1. The third kappa shape index (κ3) is 3.04.